The summed E-state index contributed by atoms with van der Waals surface area (Å²) in [5, 5.41) is 0. The quantitative estimate of drug-likeness (QED) is 0.712. The molecule has 6 nitrogen and oxygen atoms in total. The fraction of sp³-hybridized carbons (Fsp3) is 0.833. The van der Waals surface area contributed by atoms with Crippen LogP contribution in [0.15, 0.2) is 0 Å². The van der Waals surface area contributed by atoms with Crippen LogP contribution in [0.5, 0.6) is 0 Å². The molecule has 0 aromatic rings. The molecule has 1 saturated heterocycles. The number of rotatable bonds is 3. The third kappa shape index (κ3) is 4.18. The summed E-state index contributed by atoms with van der Waals surface area (Å²) in [5.41, 5.74) is -0.498. The Hall–Kier alpha value is -1.30. The molecule has 6 heteroatoms. The number of hydrogen-bond acceptors (Lipinski definition) is 5. The van der Waals surface area contributed by atoms with Crippen LogP contribution in [0.4, 0.5) is 4.79 Å². The van der Waals surface area contributed by atoms with Gasteiger partial charge in [-0.05, 0) is 27.7 Å². The lowest BCUT2D eigenvalue weighted by molar-refractivity contribution is -0.162. The summed E-state index contributed by atoms with van der Waals surface area (Å²) in [4.78, 5) is 24.3. The summed E-state index contributed by atoms with van der Waals surface area (Å²) >= 11 is 0. The molecule has 0 spiro atoms. The second-order valence-electron chi connectivity index (χ2n) is 5.31. The van der Waals surface area contributed by atoms with Crippen LogP contribution in [-0.4, -0.2) is 55.0 Å². The van der Waals surface area contributed by atoms with Crippen LogP contribution < -0.4 is 0 Å². The average Bonchev–Trinajstić information content (AvgIpc) is 2.18. The number of carbonyl (C=O) groups is 2. The monoisotopic (exact) mass is 259 g/mol. The summed E-state index contributed by atoms with van der Waals surface area (Å²) in [7, 11) is 1.32. The molecular weight excluding hydrogens is 238 g/mol. The van der Waals surface area contributed by atoms with E-state index in [2.05, 4.69) is 4.74 Å². The highest BCUT2D eigenvalue weighted by Gasteiger charge is 2.36. The minimum atomic E-state index is -0.610. The smallest absolute Gasteiger partial charge is 0.410 e. The molecule has 0 aromatic heterocycles. The fourth-order valence-electron chi connectivity index (χ4n) is 1.51. The molecule has 104 valence electrons. The van der Waals surface area contributed by atoms with Crippen LogP contribution in [0.25, 0.3) is 0 Å². The molecule has 0 bridgehead atoms. The third-order valence-electron chi connectivity index (χ3n) is 2.43. The number of ether oxygens (including phenoxy) is 3. The molecule has 1 amide bonds. The van der Waals surface area contributed by atoms with Crippen molar-refractivity contribution in [2.45, 2.75) is 45.5 Å². The SMILES string of the molecule is COC(=O)[C@@H](C)OC1CN(C(=O)OC(C)(C)C)C1. The topological polar surface area (TPSA) is 65.1 Å². The third-order valence-corrected chi connectivity index (χ3v) is 2.43. The zero-order chi connectivity index (χ0) is 13.9. The first-order valence-electron chi connectivity index (χ1n) is 5.94. The molecule has 1 atom stereocenters. The lowest BCUT2D eigenvalue weighted by Gasteiger charge is -2.40. The molecule has 1 rings (SSSR count). The maximum atomic E-state index is 11.6. The Morgan fingerprint density at radius 1 is 1.28 bits per heavy atom. The molecule has 0 aromatic carbocycles. The summed E-state index contributed by atoms with van der Waals surface area (Å²) in [6, 6.07) is 0. The Morgan fingerprint density at radius 2 is 1.83 bits per heavy atom. The second-order valence-corrected chi connectivity index (χ2v) is 5.31. The minimum Gasteiger partial charge on any atom is -0.467 e. The number of esters is 1. The Morgan fingerprint density at radius 3 is 2.28 bits per heavy atom. The fourth-order valence-corrected chi connectivity index (χ4v) is 1.51. The molecule has 1 heterocycles. The van der Waals surface area contributed by atoms with E-state index in [1.165, 1.54) is 7.11 Å². The highest BCUT2D eigenvalue weighted by atomic mass is 16.6. The van der Waals surface area contributed by atoms with Gasteiger partial charge in [0, 0.05) is 0 Å². The van der Waals surface area contributed by atoms with Crippen LogP contribution in [0, 0.1) is 0 Å². The van der Waals surface area contributed by atoms with Crippen LogP contribution in [0.2, 0.25) is 0 Å². The number of amides is 1. The van der Waals surface area contributed by atoms with E-state index in [9.17, 15) is 9.59 Å². The first kappa shape index (κ1) is 14.8. The number of likely N-dealkylation sites (tertiary alicyclic amines) is 1. The minimum absolute atomic E-state index is 0.133. The Balaban J connectivity index is 2.28. The van der Waals surface area contributed by atoms with Gasteiger partial charge in [-0.3, -0.25) is 0 Å². The Kier molecular flexibility index (Phi) is 4.56. The molecule has 0 aliphatic carbocycles. The van der Waals surface area contributed by atoms with Crippen molar-refractivity contribution in [1.82, 2.24) is 4.90 Å². The Bertz CT molecular complexity index is 317. The standard InChI is InChI=1S/C12H21NO5/c1-8(10(14)16-5)17-9-6-13(7-9)11(15)18-12(2,3)4/h8-9H,6-7H2,1-5H3/t8-/m1/s1. The van der Waals surface area contributed by atoms with Gasteiger partial charge in [-0.1, -0.05) is 0 Å². The van der Waals surface area contributed by atoms with Gasteiger partial charge < -0.3 is 19.1 Å². The van der Waals surface area contributed by atoms with Crippen molar-refractivity contribution in [3.63, 3.8) is 0 Å². The zero-order valence-electron chi connectivity index (χ0n) is 11.6. The molecule has 18 heavy (non-hydrogen) atoms. The zero-order valence-corrected chi connectivity index (χ0v) is 11.6. The molecule has 0 saturated carbocycles. The highest BCUT2D eigenvalue weighted by Crippen LogP contribution is 2.18. The summed E-state index contributed by atoms with van der Waals surface area (Å²) in [6.07, 6.45) is -1.10. The lowest BCUT2D eigenvalue weighted by atomic mass is 10.1. The molecule has 1 aliphatic rings. The highest BCUT2D eigenvalue weighted by molar-refractivity contribution is 5.74. The summed E-state index contributed by atoms with van der Waals surface area (Å²) in [6.45, 7) is 7.96. The van der Waals surface area contributed by atoms with Crippen molar-refractivity contribution in [3.05, 3.63) is 0 Å². The number of nitrogens with zero attached hydrogens (tertiary/aromatic N) is 1. The van der Waals surface area contributed by atoms with Crippen LogP contribution in [-0.2, 0) is 19.0 Å². The first-order valence-corrected chi connectivity index (χ1v) is 5.94. The first-order chi connectivity index (χ1) is 8.23. The van der Waals surface area contributed by atoms with Gasteiger partial charge in [0.25, 0.3) is 0 Å². The van der Waals surface area contributed by atoms with E-state index in [-0.39, 0.29) is 12.2 Å². The molecule has 1 fully saturated rings. The normalized spacial score (nSPS) is 17.9. The summed E-state index contributed by atoms with van der Waals surface area (Å²) in [5.74, 6) is -0.411. The van der Waals surface area contributed by atoms with E-state index >= 15 is 0 Å². The van der Waals surface area contributed by atoms with Crippen molar-refractivity contribution in [3.8, 4) is 0 Å². The number of carbonyl (C=O) groups excluding carboxylic acids is 2. The van der Waals surface area contributed by atoms with Crippen molar-refractivity contribution in [2.75, 3.05) is 20.2 Å². The second kappa shape index (κ2) is 5.56. The van der Waals surface area contributed by atoms with Gasteiger partial charge in [-0.25, -0.2) is 9.59 Å². The summed E-state index contributed by atoms with van der Waals surface area (Å²) < 4.78 is 15.2. The molecule has 0 unspecified atom stereocenters. The van der Waals surface area contributed by atoms with Gasteiger partial charge in [-0.15, -0.1) is 0 Å². The van der Waals surface area contributed by atoms with Gasteiger partial charge in [0.15, 0.2) is 6.10 Å². The van der Waals surface area contributed by atoms with E-state index in [1.54, 1.807) is 11.8 Å². The molecule has 0 N–H and O–H groups in total. The van der Waals surface area contributed by atoms with E-state index in [4.69, 9.17) is 9.47 Å². The number of hydrogen-bond donors (Lipinski definition) is 0. The maximum Gasteiger partial charge on any atom is 0.410 e. The van der Waals surface area contributed by atoms with Crippen LogP contribution >= 0.6 is 0 Å². The maximum absolute atomic E-state index is 11.6. The van der Waals surface area contributed by atoms with Crippen LogP contribution in [0.1, 0.15) is 27.7 Å². The largest absolute Gasteiger partial charge is 0.467 e. The van der Waals surface area contributed by atoms with Gasteiger partial charge in [0.05, 0.1) is 26.3 Å². The van der Waals surface area contributed by atoms with E-state index in [0.717, 1.165) is 0 Å². The molecular formula is C12H21NO5. The lowest BCUT2D eigenvalue weighted by Crippen LogP contribution is -2.57. The van der Waals surface area contributed by atoms with E-state index in [0.29, 0.717) is 13.1 Å². The van der Waals surface area contributed by atoms with Crippen molar-refractivity contribution >= 4 is 12.1 Å². The van der Waals surface area contributed by atoms with Crippen molar-refractivity contribution in [1.29, 1.82) is 0 Å². The van der Waals surface area contributed by atoms with E-state index < -0.39 is 17.7 Å². The van der Waals surface area contributed by atoms with Gasteiger partial charge in [-0.2, -0.15) is 0 Å². The van der Waals surface area contributed by atoms with Crippen LogP contribution in [0.3, 0.4) is 0 Å². The number of methoxy groups -OCH3 is 1. The Labute approximate surface area is 107 Å². The van der Waals surface area contributed by atoms with Crippen molar-refractivity contribution in [2.24, 2.45) is 0 Å². The molecule has 1 aliphatic heterocycles. The average molecular weight is 259 g/mol. The van der Waals surface area contributed by atoms with Gasteiger partial charge in [0.2, 0.25) is 0 Å². The van der Waals surface area contributed by atoms with Gasteiger partial charge in [0.1, 0.15) is 5.60 Å². The predicted octanol–water partition coefficient (Wildman–Crippen LogP) is 1.18. The molecule has 0 radical (unpaired) electrons. The van der Waals surface area contributed by atoms with Crippen molar-refractivity contribution < 1.29 is 23.8 Å². The predicted molar refractivity (Wildman–Crippen MR) is 64.2 cm³/mol. The van der Waals surface area contributed by atoms with E-state index in [1.807, 2.05) is 20.8 Å². The van der Waals surface area contributed by atoms with Gasteiger partial charge >= 0.3 is 12.1 Å².